The molecular formula is C11H9F2NO5. The number of fused-ring (bicyclic) bond motifs is 1. The van der Waals surface area contributed by atoms with Gasteiger partial charge in [-0.3, -0.25) is 10.1 Å². The van der Waals surface area contributed by atoms with E-state index in [0.29, 0.717) is 6.07 Å². The Labute approximate surface area is 105 Å². The first kappa shape index (κ1) is 13.3. The molecule has 19 heavy (non-hydrogen) atoms. The van der Waals surface area contributed by atoms with E-state index in [9.17, 15) is 28.8 Å². The van der Waals surface area contributed by atoms with Crippen molar-refractivity contribution >= 4 is 11.7 Å². The molecule has 1 aliphatic rings. The van der Waals surface area contributed by atoms with E-state index in [1.807, 2.05) is 0 Å². The lowest BCUT2D eigenvalue weighted by molar-refractivity contribution is -0.387. The molecule has 1 aliphatic carbocycles. The molecule has 6 nitrogen and oxygen atoms in total. The Morgan fingerprint density at radius 1 is 1.47 bits per heavy atom. The Morgan fingerprint density at radius 3 is 2.58 bits per heavy atom. The second kappa shape index (κ2) is 4.23. The van der Waals surface area contributed by atoms with Crippen LogP contribution in [0.15, 0.2) is 6.07 Å². The van der Waals surface area contributed by atoms with Crippen molar-refractivity contribution < 1.29 is 28.3 Å². The van der Waals surface area contributed by atoms with Gasteiger partial charge in [0.2, 0.25) is 5.82 Å². The molecule has 0 aliphatic heterocycles. The number of halogens is 2. The highest BCUT2D eigenvalue weighted by Crippen LogP contribution is 2.37. The normalized spacial score (nSPS) is 21.1. The Balaban J connectivity index is 2.55. The third-order valence-corrected chi connectivity index (χ3v) is 3.11. The average Bonchev–Trinajstić information content (AvgIpc) is 2.72. The van der Waals surface area contributed by atoms with Crippen LogP contribution in [-0.2, 0) is 22.4 Å². The van der Waals surface area contributed by atoms with Crippen LogP contribution in [0, 0.1) is 21.7 Å². The average molecular weight is 273 g/mol. The molecule has 0 saturated carbocycles. The van der Waals surface area contributed by atoms with Gasteiger partial charge in [-0.05, 0) is 5.56 Å². The molecule has 0 fully saturated rings. The number of esters is 1. The molecule has 1 aromatic rings. The molecule has 0 spiro atoms. The van der Waals surface area contributed by atoms with E-state index in [0.717, 1.165) is 7.11 Å². The van der Waals surface area contributed by atoms with Gasteiger partial charge >= 0.3 is 11.7 Å². The lowest BCUT2D eigenvalue weighted by Gasteiger charge is -2.18. The summed E-state index contributed by atoms with van der Waals surface area (Å²) >= 11 is 0. The fraction of sp³-hybridized carbons (Fsp3) is 0.364. The van der Waals surface area contributed by atoms with Crippen LogP contribution in [0.2, 0.25) is 0 Å². The standard InChI is InChI=1S/C11H9F2NO5/c1-19-10(15)11(16)3-5-6(4-11)9(13)8(14(17)18)2-7(5)12/h2,16H,3-4H2,1H3. The van der Waals surface area contributed by atoms with Crippen LogP contribution < -0.4 is 0 Å². The number of aliphatic hydroxyl groups is 1. The minimum atomic E-state index is -2.09. The van der Waals surface area contributed by atoms with Crippen molar-refractivity contribution in [3.05, 3.63) is 38.9 Å². The molecule has 0 aromatic heterocycles. The summed E-state index contributed by atoms with van der Waals surface area (Å²) in [6.07, 6.45) is -1.03. The summed E-state index contributed by atoms with van der Waals surface area (Å²) in [5.41, 5.74) is -3.71. The van der Waals surface area contributed by atoms with E-state index in [-0.39, 0.29) is 11.1 Å². The first-order valence-corrected chi connectivity index (χ1v) is 5.25. The number of hydrogen-bond acceptors (Lipinski definition) is 5. The highest BCUT2D eigenvalue weighted by Gasteiger charge is 2.47. The monoisotopic (exact) mass is 273 g/mol. The van der Waals surface area contributed by atoms with Crippen LogP contribution in [-0.4, -0.2) is 28.7 Å². The third kappa shape index (κ3) is 1.93. The molecule has 0 amide bonds. The van der Waals surface area contributed by atoms with E-state index in [4.69, 9.17) is 0 Å². The van der Waals surface area contributed by atoms with Gasteiger partial charge in [0.1, 0.15) is 5.82 Å². The molecule has 1 unspecified atom stereocenters. The minimum Gasteiger partial charge on any atom is -0.467 e. The molecule has 1 aromatic carbocycles. The highest BCUT2D eigenvalue weighted by atomic mass is 19.1. The molecular weight excluding hydrogens is 264 g/mol. The van der Waals surface area contributed by atoms with Crippen molar-refractivity contribution in [1.29, 1.82) is 0 Å². The van der Waals surface area contributed by atoms with Gasteiger partial charge in [-0.2, -0.15) is 4.39 Å². The SMILES string of the molecule is COC(=O)C1(O)Cc2c(F)cc([N+](=O)[O-])c(F)c2C1. The number of methoxy groups -OCH3 is 1. The van der Waals surface area contributed by atoms with E-state index in [1.54, 1.807) is 0 Å². The van der Waals surface area contributed by atoms with Gasteiger partial charge in [0.15, 0.2) is 5.60 Å². The van der Waals surface area contributed by atoms with Gasteiger partial charge in [0.25, 0.3) is 0 Å². The highest BCUT2D eigenvalue weighted by molar-refractivity contribution is 5.81. The van der Waals surface area contributed by atoms with Crippen LogP contribution in [0.4, 0.5) is 14.5 Å². The summed E-state index contributed by atoms with van der Waals surface area (Å²) in [5.74, 6) is -3.30. The number of hydrogen-bond donors (Lipinski definition) is 1. The zero-order valence-electron chi connectivity index (χ0n) is 9.77. The van der Waals surface area contributed by atoms with Gasteiger partial charge in [-0.1, -0.05) is 0 Å². The van der Waals surface area contributed by atoms with Gasteiger partial charge < -0.3 is 9.84 Å². The second-order valence-electron chi connectivity index (χ2n) is 4.28. The molecule has 0 bridgehead atoms. The van der Waals surface area contributed by atoms with Crippen molar-refractivity contribution in [2.75, 3.05) is 7.11 Å². The Morgan fingerprint density at radius 2 is 2.05 bits per heavy atom. The molecule has 2 rings (SSSR count). The lowest BCUT2D eigenvalue weighted by Crippen LogP contribution is -2.40. The van der Waals surface area contributed by atoms with Crippen LogP contribution in [0.3, 0.4) is 0 Å². The quantitative estimate of drug-likeness (QED) is 0.490. The Kier molecular flexibility index (Phi) is 2.97. The summed E-state index contributed by atoms with van der Waals surface area (Å²) in [7, 11) is 1.03. The van der Waals surface area contributed by atoms with Gasteiger partial charge in [-0.15, -0.1) is 0 Å². The largest absolute Gasteiger partial charge is 0.467 e. The first-order valence-electron chi connectivity index (χ1n) is 5.25. The van der Waals surface area contributed by atoms with Crippen molar-refractivity contribution in [1.82, 2.24) is 0 Å². The predicted molar refractivity (Wildman–Crippen MR) is 57.4 cm³/mol. The van der Waals surface area contributed by atoms with E-state index in [2.05, 4.69) is 4.74 Å². The molecule has 8 heteroatoms. The summed E-state index contributed by atoms with van der Waals surface area (Å²) in [6, 6.07) is 0.442. The molecule has 0 saturated heterocycles. The Bertz CT molecular complexity index is 589. The van der Waals surface area contributed by atoms with Crippen LogP contribution in [0.5, 0.6) is 0 Å². The van der Waals surface area contributed by atoms with Crippen molar-refractivity contribution in [3.8, 4) is 0 Å². The van der Waals surface area contributed by atoms with Crippen molar-refractivity contribution in [3.63, 3.8) is 0 Å². The van der Waals surface area contributed by atoms with Gasteiger partial charge in [0.05, 0.1) is 18.1 Å². The lowest BCUT2D eigenvalue weighted by atomic mass is 10.0. The number of nitro groups is 1. The zero-order valence-corrected chi connectivity index (χ0v) is 9.77. The number of carbonyl (C=O) groups excluding carboxylic acids is 1. The molecule has 1 atom stereocenters. The minimum absolute atomic E-state index is 0.240. The predicted octanol–water partition coefficient (Wildman–Crippen LogP) is 0.876. The van der Waals surface area contributed by atoms with Crippen molar-refractivity contribution in [2.24, 2.45) is 0 Å². The Hall–Kier alpha value is -2.09. The second-order valence-corrected chi connectivity index (χ2v) is 4.28. The summed E-state index contributed by atoms with van der Waals surface area (Å²) in [6.45, 7) is 0. The zero-order chi connectivity index (χ0) is 14.4. The third-order valence-electron chi connectivity index (χ3n) is 3.11. The maximum Gasteiger partial charge on any atom is 0.338 e. The molecule has 0 radical (unpaired) electrons. The summed E-state index contributed by atoms with van der Waals surface area (Å²) in [5, 5.41) is 20.6. The number of nitro benzene ring substituents is 1. The smallest absolute Gasteiger partial charge is 0.338 e. The summed E-state index contributed by atoms with van der Waals surface area (Å²) < 4.78 is 31.9. The van der Waals surface area contributed by atoms with E-state index in [1.165, 1.54) is 0 Å². The number of rotatable bonds is 2. The van der Waals surface area contributed by atoms with Gasteiger partial charge in [-0.25, -0.2) is 9.18 Å². The van der Waals surface area contributed by atoms with E-state index >= 15 is 0 Å². The maximum absolute atomic E-state index is 13.8. The topological polar surface area (TPSA) is 89.7 Å². The molecule has 0 heterocycles. The maximum atomic E-state index is 13.8. The fourth-order valence-corrected chi connectivity index (χ4v) is 2.19. The number of benzene rings is 1. The number of ether oxygens (including phenoxy) is 1. The first-order chi connectivity index (χ1) is 8.80. The molecule has 102 valence electrons. The van der Waals surface area contributed by atoms with Crippen LogP contribution in [0.1, 0.15) is 11.1 Å². The van der Waals surface area contributed by atoms with Crippen molar-refractivity contribution in [2.45, 2.75) is 18.4 Å². The molecule has 1 N–H and O–H groups in total. The van der Waals surface area contributed by atoms with Gasteiger partial charge in [0, 0.05) is 18.4 Å². The summed E-state index contributed by atoms with van der Waals surface area (Å²) in [4.78, 5) is 20.9. The fourth-order valence-electron chi connectivity index (χ4n) is 2.19. The number of carbonyl (C=O) groups is 1. The number of nitrogens with zero attached hydrogens (tertiary/aromatic N) is 1. The van der Waals surface area contributed by atoms with Crippen LogP contribution >= 0.6 is 0 Å². The van der Waals surface area contributed by atoms with E-state index < -0.39 is 46.7 Å². The van der Waals surface area contributed by atoms with Crippen LogP contribution in [0.25, 0.3) is 0 Å².